The zero-order valence-corrected chi connectivity index (χ0v) is 14.1. The normalized spacial score (nSPS) is 15.3. The van der Waals surface area contributed by atoms with Gasteiger partial charge in [0.05, 0.1) is 5.52 Å². The maximum absolute atomic E-state index is 12.6. The van der Waals surface area contributed by atoms with Crippen molar-refractivity contribution < 1.29 is 13.9 Å². The summed E-state index contributed by atoms with van der Waals surface area (Å²) in [7, 11) is 0. The predicted octanol–water partition coefficient (Wildman–Crippen LogP) is 1.45. The smallest absolute Gasteiger partial charge is 0.420 e. The molecule has 1 amide bonds. The summed E-state index contributed by atoms with van der Waals surface area (Å²) in [4.78, 5) is 34.4. The molecule has 4 rings (SSSR count). The van der Waals surface area contributed by atoms with Crippen LogP contribution in [0.25, 0.3) is 11.1 Å². The number of nitrogens with zero attached hydrogens (tertiary/aromatic N) is 4. The Balaban J connectivity index is 1.38. The number of carbonyl (C=O) groups excluding carboxylic acids is 1. The number of likely N-dealkylation sites (tertiary alicyclic amines) is 1. The molecular formula is C18H18N4O4. The molecule has 2 aromatic heterocycles. The van der Waals surface area contributed by atoms with Crippen molar-refractivity contribution in [2.24, 2.45) is 0 Å². The highest BCUT2D eigenvalue weighted by Gasteiger charge is 2.25. The van der Waals surface area contributed by atoms with Crippen molar-refractivity contribution in [2.75, 3.05) is 13.1 Å². The standard InChI is InChI=1S/C18H18N4O4/c23-16(12-22-14-4-1-2-5-15(14)26-18(22)24)21-10-6-13(7-11-21)25-17-19-8-3-9-20-17/h1-5,8-9,13H,6-7,10-12H2. The van der Waals surface area contributed by atoms with Crippen molar-refractivity contribution in [3.8, 4) is 6.01 Å². The third-order valence-electron chi connectivity index (χ3n) is 4.48. The molecule has 0 aliphatic carbocycles. The van der Waals surface area contributed by atoms with Crippen LogP contribution in [-0.2, 0) is 11.3 Å². The first-order valence-electron chi connectivity index (χ1n) is 8.50. The van der Waals surface area contributed by atoms with E-state index < -0.39 is 5.76 Å². The van der Waals surface area contributed by atoms with Gasteiger partial charge in [-0.25, -0.2) is 14.8 Å². The number of aromatic nitrogens is 3. The second kappa shape index (κ2) is 6.99. The third kappa shape index (κ3) is 3.30. The van der Waals surface area contributed by atoms with Gasteiger partial charge in [-0.05, 0) is 18.2 Å². The Labute approximate surface area is 149 Å². The highest BCUT2D eigenvalue weighted by atomic mass is 16.5. The number of carbonyl (C=O) groups is 1. The molecule has 1 aromatic carbocycles. The maximum Gasteiger partial charge on any atom is 0.420 e. The summed E-state index contributed by atoms with van der Waals surface area (Å²) in [6, 6.07) is 9.18. The molecular weight excluding hydrogens is 336 g/mol. The first kappa shape index (κ1) is 16.3. The van der Waals surface area contributed by atoms with Crippen LogP contribution in [0.5, 0.6) is 6.01 Å². The first-order valence-corrected chi connectivity index (χ1v) is 8.50. The summed E-state index contributed by atoms with van der Waals surface area (Å²) < 4.78 is 12.3. The lowest BCUT2D eigenvalue weighted by atomic mass is 10.1. The van der Waals surface area contributed by atoms with E-state index in [0.717, 1.165) is 0 Å². The molecule has 1 saturated heterocycles. The SMILES string of the molecule is O=C(Cn1c(=O)oc2ccccc21)N1CCC(Oc2ncccn2)CC1. The topological polar surface area (TPSA) is 90.5 Å². The Bertz CT molecular complexity index is 958. The zero-order valence-electron chi connectivity index (χ0n) is 14.1. The number of hydrogen-bond donors (Lipinski definition) is 0. The molecule has 3 heterocycles. The van der Waals surface area contributed by atoms with Crippen molar-refractivity contribution >= 4 is 17.0 Å². The molecule has 0 radical (unpaired) electrons. The summed E-state index contributed by atoms with van der Waals surface area (Å²) in [5.74, 6) is -0.618. The van der Waals surface area contributed by atoms with E-state index in [0.29, 0.717) is 43.0 Å². The molecule has 8 nitrogen and oxygen atoms in total. The van der Waals surface area contributed by atoms with Gasteiger partial charge in [0.25, 0.3) is 0 Å². The summed E-state index contributed by atoms with van der Waals surface area (Å²) in [5.41, 5.74) is 1.12. The minimum Gasteiger partial charge on any atom is -0.460 e. The average molecular weight is 354 g/mol. The van der Waals surface area contributed by atoms with Crippen molar-refractivity contribution in [3.63, 3.8) is 0 Å². The number of amides is 1. The van der Waals surface area contributed by atoms with Gasteiger partial charge in [0.1, 0.15) is 12.6 Å². The van der Waals surface area contributed by atoms with Crippen LogP contribution in [0, 0.1) is 0 Å². The Morgan fingerprint density at radius 3 is 2.65 bits per heavy atom. The van der Waals surface area contributed by atoms with E-state index in [4.69, 9.17) is 9.15 Å². The lowest BCUT2D eigenvalue weighted by Gasteiger charge is -2.31. The van der Waals surface area contributed by atoms with Crippen LogP contribution in [0.2, 0.25) is 0 Å². The van der Waals surface area contributed by atoms with Gasteiger partial charge in [0, 0.05) is 38.3 Å². The van der Waals surface area contributed by atoms with Crippen LogP contribution < -0.4 is 10.5 Å². The summed E-state index contributed by atoms with van der Waals surface area (Å²) in [6.07, 6.45) is 4.65. The number of benzene rings is 1. The monoisotopic (exact) mass is 354 g/mol. The number of para-hydroxylation sites is 2. The molecule has 1 aliphatic rings. The summed E-state index contributed by atoms with van der Waals surface area (Å²) in [6.45, 7) is 1.12. The molecule has 0 unspecified atom stereocenters. The molecule has 26 heavy (non-hydrogen) atoms. The predicted molar refractivity (Wildman–Crippen MR) is 92.7 cm³/mol. The molecule has 0 N–H and O–H groups in total. The molecule has 134 valence electrons. The summed E-state index contributed by atoms with van der Waals surface area (Å²) in [5, 5.41) is 0. The van der Waals surface area contributed by atoms with E-state index in [1.54, 1.807) is 41.6 Å². The van der Waals surface area contributed by atoms with E-state index in [1.165, 1.54) is 4.57 Å². The maximum atomic E-state index is 12.6. The van der Waals surface area contributed by atoms with E-state index >= 15 is 0 Å². The van der Waals surface area contributed by atoms with E-state index in [-0.39, 0.29) is 18.6 Å². The first-order chi connectivity index (χ1) is 12.7. The molecule has 0 spiro atoms. The Morgan fingerprint density at radius 2 is 1.88 bits per heavy atom. The quantitative estimate of drug-likeness (QED) is 0.704. The molecule has 1 aliphatic heterocycles. The van der Waals surface area contributed by atoms with Crippen molar-refractivity contribution in [1.82, 2.24) is 19.4 Å². The van der Waals surface area contributed by atoms with Crippen LogP contribution in [0.3, 0.4) is 0 Å². The van der Waals surface area contributed by atoms with Crippen LogP contribution in [0.4, 0.5) is 0 Å². The lowest BCUT2D eigenvalue weighted by molar-refractivity contribution is -0.133. The Kier molecular flexibility index (Phi) is 4.39. The number of ether oxygens (including phenoxy) is 1. The third-order valence-corrected chi connectivity index (χ3v) is 4.48. The minimum atomic E-state index is -0.515. The van der Waals surface area contributed by atoms with Crippen LogP contribution >= 0.6 is 0 Å². The second-order valence-corrected chi connectivity index (χ2v) is 6.15. The van der Waals surface area contributed by atoms with Gasteiger partial charge in [-0.15, -0.1) is 0 Å². The second-order valence-electron chi connectivity index (χ2n) is 6.15. The van der Waals surface area contributed by atoms with Crippen LogP contribution in [0.15, 0.2) is 51.9 Å². The molecule has 0 atom stereocenters. The number of piperidine rings is 1. The number of rotatable bonds is 4. The Hall–Kier alpha value is -3.16. The van der Waals surface area contributed by atoms with Crippen molar-refractivity contribution in [1.29, 1.82) is 0 Å². The molecule has 3 aromatic rings. The highest BCUT2D eigenvalue weighted by molar-refractivity contribution is 5.79. The van der Waals surface area contributed by atoms with Crippen molar-refractivity contribution in [2.45, 2.75) is 25.5 Å². The minimum absolute atomic E-state index is 0.0149. The highest BCUT2D eigenvalue weighted by Crippen LogP contribution is 2.17. The fourth-order valence-electron chi connectivity index (χ4n) is 3.12. The Morgan fingerprint density at radius 1 is 1.15 bits per heavy atom. The van der Waals surface area contributed by atoms with Gasteiger partial charge in [0.2, 0.25) is 5.91 Å². The number of oxazole rings is 1. The van der Waals surface area contributed by atoms with Gasteiger partial charge in [-0.2, -0.15) is 0 Å². The number of fused-ring (bicyclic) bond motifs is 1. The molecule has 0 bridgehead atoms. The fourth-order valence-corrected chi connectivity index (χ4v) is 3.12. The largest absolute Gasteiger partial charge is 0.460 e. The van der Waals surface area contributed by atoms with E-state index in [2.05, 4.69) is 9.97 Å². The fraction of sp³-hybridized carbons (Fsp3) is 0.333. The van der Waals surface area contributed by atoms with Gasteiger partial charge in [-0.1, -0.05) is 12.1 Å². The molecule has 8 heteroatoms. The molecule has 0 saturated carbocycles. The van der Waals surface area contributed by atoms with Gasteiger partial charge < -0.3 is 14.1 Å². The summed E-state index contributed by atoms with van der Waals surface area (Å²) >= 11 is 0. The van der Waals surface area contributed by atoms with Crippen LogP contribution in [-0.4, -0.2) is 44.5 Å². The average Bonchev–Trinajstić information content (AvgIpc) is 2.98. The van der Waals surface area contributed by atoms with E-state index in [1.807, 2.05) is 6.07 Å². The van der Waals surface area contributed by atoms with Gasteiger partial charge in [0.15, 0.2) is 5.58 Å². The zero-order chi connectivity index (χ0) is 17.9. The van der Waals surface area contributed by atoms with Gasteiger partial charge >= 0.3 is 11.8 Å². The van der Waals surface area contributed by atoms with E-state index in [9.17, 15) is 9.59 Å². The van der Waals surface area contributed by atoms with Crippen LogP contribution in [0.1, 0.15) is 12.8 Å². The number of hydrogen-bond acceptors (Lipinski definition) is 6. The molecule has 1 fully saturated rings. The lowest BCUT2D eigenvalue weighted by Crippen LogP contribution is -2.43. The van der Waals surface area contributed by atoms with Crippen molar-refractivity contribution in [3.05, 3.63) is 53.3 Å². The van der Waals surface area contributed by atoms with Gasteiger partial charge in [-0.3, -0.25) is 9.36 Å².